The number of benzene rings is 1. The van der Waals surface area contributed by atoms with Crippen LogP contribution in [0.4, 0.5) is 21.6 Å². The van der Waals surface area contributed by atoms with Crippen molar-refractivity contribution >= 4 is 17.2 Å². The third kappa shape index (κ3) is 4.25. The van der Waals surface area contributed by atoms with E-state index in [4.69, 9.17) is 0 Å². The quantitative estimate of drug-likeness (QED) is 0.367. The number of nitro groups is 1. The van der Waals surface area contributed by atoms with Gasteiger partial charge in [-0.2, -0.15) is 0 Å². The number of aromatic nitrogens is 3. The average molecular weight is 425 g/mol. The van der Waals surface area contributed by atoms with Crippen LogP contribution in [0.1, 0.15) is 25.6 Å². The number of para-hydroxylation sites is 1. The zero-order chi connectivity index (χ0) is 22.0. The number of alkyl halides is 1. The molecule has 0 bridgehead atoms. The third-order valence-electron chi connectivity index (χ3n) is 5.06. The molecule has 1 fully saturated rings. The van der Waals surface area contributed by atoms with Gasteiger partial charge in [-0.15, -0.1) is 0 Å². The number of hydrogen-bond acceptors (Lipinski definition) is 7. The van der Waals surface area contributed by atoms with Crippen molar-refractivity contribution in [2.75, 3.05) is 24.6 Å². The summed E-state index contributed by atoms with van der Waals surface area (Å²) in [7, 11) is 0. The van der Waals surface area contributed by atoms with Gasteiger partial charge in [0.15, 0.2) is 6.30 Å². The molecule has 2 aromatic heterocycles. The van der Waals surface area contributed by atoms with Crippen molar-refractivity contribution in [2.24, 2.45) is 0 Å². The number of imidazole rings is 1. The molecule has 3 aromatic rings. The van der Waals surface area contributed by atoms with Crippen LogP contribution in [0.2, 0.25) is 0 Å². The monoisotopic (exact) mass is 425 g/mol. The van der Waals surface area contributed by atoms with Crippen LogP contribution in [0.15, 0.2) is 54.9 Å². The number of nitrogens with one attached hydrogen (secondary N) is 1. The van der Waals surface area contributed by atoms with Crippen molar-refractivity contribution in [1.82, 2.24) is 24.9 Å². The van der Waals surface area contributed by atoms with Crippen molar-refractivity contribution < 1.29 is 9.31 Å². The SMILES string of the molecule is CC(C)c1nccn1-c1ccc([N+](=O)[O-])c(N(c2ccccc2)N2CCNC(F)C2)n1. The predicted octanol–water partition coefficient (Wildman–Crippen LogP) is 3.55. The molecule has 1 aromatic carbocycles. The molecule has 162 valence electrons. The van der Waals surface area contributed by atoms with Gasteiger partial charge in [-0.25, -0.2) is 19.4 Å². The van der Waals surface area contributed by atoms with Crippen LogP contribution in [0.3, 0.4) is 0 Å². The number of anilines is 2. The molecule has 0 spiro atoms. The van der Waals surface area contributed by atoms with Gasteiger partial charge in [-0.1, -0.05) is 32.0 Å². The van der Waals surface area contributed by atoms with Crippen molar-refractivity contribution in [2.45, 2.75) is 26.1 Å². The number of rotatable bonds is 6. The zero-order valence-electron chi connectivity index (χ0n) is 17.3. The molecule has 1 saturated heterocycles. The van der Waals surface area contributed by atoms with Crippen LogP contribution < -0.4 is 10.3 Å². The Hall–Kier alpha value is -3.37. The molecule has 0 aliphatic carbocycles. The lowest BCUT2D eigenvalue weighted by molar-refractivity contribution is -0.384. The highest BCUT2D eigenvalue weighted by molar-refractivity contribution is 5.68. The number of hydrogen-bond donors (Lipinski definition) is 1. The van der Waals surface area contributed by atoms with Gasteiger partial charge in [-0.05, 0) is 18.2 Å². The highest BCUT2D eigenvalue weighted by Crippen LogP contribution is 2.35. The predicted molar refractivity (Wildman–Crippen MR) is 115 cm³/mol. The highest BCUT2D eigenvalue weighted by Gasteiger charge is 2.31. The van der Waals surface area contributed by atoms with E-state index in [2.05, 4.69) is 15.3 Å². The molecule has 10 heteroatoms. The summed E-state index contributed by atoms with van der Waals surface area (Å²) in [6.07, 6.45) is 2.21. The van der Waals surface area contributed by atoms with Crippen LogP contribution in [0.5, 0.6) is 0 Å². The van der Waals surface area contributed by atoms with Crippen molar-refractivity contribution in [3.8, 4) is 5.82 Å². The van der Waals surface area contributed by atoms with Gasteiger partial charge >= 0.3 is 5.69 Å². The second kappa shape index (κ2) is 8.78. The molecule has 0 radical (unpaired) electrons. The van der Waals surface area contributed by atoms with Crippen LogP contribution in [0.25, 0.3) is 5.82 Å². The van der Waals surface area contributed by atoms with Crippen molar-refractivity contribution in [1.29, 1.82) is 0 Å². The minimum atomic E-state index is -1.25. The van der Waals surface area contributed by atoms with Gasteiger partial charge in [0, 0.05) is 37.5 Å². The Balaban J connectivity index is 1.88. The smallest absolute Gasteiger partial charge is 0.288 e. The van der Waals surface area contributed by atoms with Crippen LogP contribution in [-0.2, 0) is 0 Å². The van der Waals surface area contributed by atoms with Crippen LogP contribution >= 0.6 is 0 Å². The van der Waals surface area contributed by atoms with Crippen molar-refractivity contribution in [3.63, 3.8) is 0 Å². The first kappa shape index (κ1) is 20.9. The molecular weight excluding hydrogens is 401 g/mol. The average Bonchev–Trinajstić information content (AvgIpc) is 3.25. The minimum absolute atomic E-state index is 0.0419. The lowest BCUT2D eigenvalue weighted by Gasteiger charge is -2.39. The fourth-order valence-electron chi connectivity index (χ4n) is 3.66. The van der Waals surface area contributed by atoms with E-state index in [-0.39, 0.29) is 24.0 Å². The minimum Gasteiger partial charge on any atom is -0.288 e. The molecule has 1 atom stereocenters. The first-order valence-electron chi connectivity index (χ1n) is 10.1. The van der Waals surface area contributed by atoms with E-state index in [1.165, 1.54) is 6.07 Å². The van der Waals surface area contributed by atoms with Gasteiger partial charge in [0.05, 0.1) is 17.2 Å². The Kier molecular flexibility index (Phi) is 5.92. The number of nitrogens with zero attached hydrogens (tertiary/aromatic N) is 6. The molecule has 31 heavy (non-hydrogen) atoms. The second-order valence-electron chi connectivity index (χ2n) is 7.56. The topological polar surface area (TPSA) is 92.4 Å². The number of halogens is 1. The van der Waals surface area contributed by atoms with Crippen molar-refractivity contribution in [3.05, 3.63) is 70.8 Å². The van der Waals surface area contributed by atoms with Gasteiger partial charge in [0.2, 0.25) is 5.82 Å². The normalized spacial score (nSPS) is 17.1. The Morgan fingerprint density at radius 1 is 1.26 bits per heavy atom. The molecule has 1 aliphatic rings. The van der Waals surface area contributed by atoms with E-state index in [0.29, 0.717) is 24.6 Å². The first-order valence-corrected chi connectivity index (χ1v) is 10.1. The Bertz CT molecular complexity index is 1060. The molecule has 1 unspecified atom stereocenters. The standard InChI is InChI=1S/C21H24FN7O2/c1-15(2)20-24-11-13-27(20)19-9-8-17(29(30)31)21(25-19)28(16-6-4-3-5-7-16)26-12-10-23-18(22)14-26/h3-9,11,13,15,18,23H,10,12,14H2,1-2H3. The Morgan fingerprint density at radius 3 is 2.71 bits per heavy atom. The summed E-state index contributed by atoms with van der Waals surface area (Å²) >= 11 is 0. The molecule has 4 rings (SSSR count). The zero-order valence-corrected chi connectivity index (χ0v) is 17.3. The maximum Gasteiger partial charge on any atom is 0.313 e. The molecule has 0 saturated carbocycles. The summed E-state index contributed by atoms with van der Waals surface area (Å²) in [6.45, 7) is 4.96. The highest BCUT2D eigenvalue weighted by atomic mass is 19.1. The lowest BCUT2D eigenvalue weighted by Crippen LogP contribution is -2.54. The van der Waals surface area contributed by atoms with Crippen LogP contribution in [0, 0.1) is 10.1 Å². The Labute approximate surface area is 179 Å². The third-order valence-corrected chi connectivity index (χ3v) is 5.06. The van der Waals surface area contributed by atoms with Gasteiger partial charge in [0.25, 0.3) is 0 Å². The maximum absolute atomic E-state index is 14.2. The Morgan fingerprint density at radius 2 is 2.03 bits per heavy atom. The summed E-state index contributed by atoms with van der Waals surface area (Å²) in [5, 5.41) is 18.0. The summed E-state index contributed by atoms with van der Waals surface area (Å²) in [4.78, 5) is 20.5. The fourth-order valence-corrected chi connectivity index (χ4v) is 3.66. The van der Waals surface area contributed by atoms with E-state index < -0.39 is 11.2 Å². The van der Waals surface area contributed by atoms with E-state index in [1.54, 1.807) is 28.5 Å². The lowest BCUT2D eigenvalue weighted by atomic mass is 10.2. The van der Waals surface area contributed by atoms with Gasteiger partial charge < -0.3 is 0 Å². The summed E-state index contributed by atoms with van der Waals surface area (Å²) in [5.41, 5.74) is 0.506. The number of hydrazine groups is 1. The molecular formula is C21H24FN7O2. The molecule has 1 aliphatic heterocycles. The molecule has 1 N–H and O–H groups in total. The molecule has 0 amide bonds. The fraction of sp³-hybridized carbons (Fsp3) is 0.333. The molecule has 3 heterocycles. The van der Waals surface area contributed by atoms with Crippen LogP contribution in [-0.4, -0.2) is 50.4 Å². The van der Waals surface area contributed by atoms with E-state index in [9.17, 15) is 14.5 Å². The maximum atomic E-state index is 14.2. The first-order chi connectivity index (χ1) is 15.0. The number of pyridine rings is 1. The number of piperazine rings is 1. The second-order valence-corrected chi connectivity index (χ2v) is 7.56. The van der Waals surface area contributed by atoms with E-state index >= 15 is 0 Å². The molecule has 9 nitrogen and oxygen atoms in total. The van der Waals surface area contributed by atoms with E-state index in [0.717, 1.165) is 5.82 Å². The van der Waals surface area contributed by atoms with E-state index in [1.807, 2.05) is 48.7 Å². The summed E-state index contributed by atoms with van der Waals surface area (Å²) in [5.74, 6) is 1.58. The summed E-state index contributed by atoms with van der Waals surface area (Å²) < 4.78 is 16.0. The largest absolute Gasteiger partial charge is 0.313 e. The van der Waals surface area contributed by atoms with Gasteiger partial charge in [-0.3, -0.25) is 25.0 Å². The summed E-state index contributed by atoms with van der Waals surface area (Å²) in [6, 6.07) is 12.2. The van der Waals surface area contributed by atoms with Gasteiger partial charge in [0.1, 0.15) is 11.6 Å².